The minimum atomic E-state index is -0.321. The fraction of sp³-hybridized carbons (Fsp3) is 0.100. The van der Waals surface area contributed by atoms with Crippen molar-refractivity contribution in [1.82, 2.24) is 9.97 Å². The van der Waals surface area contributed by atoms with E-state index < -0.39 is 0 Å². The second-order valence-corrected chi connectivity index (χ2v) is 5.73. The molecule has 0 aromatic carbocycles. The summed E-state index contributed by atoms with van der Waals surface area (Å²) in [6.07, 6.45) is 3.23. The molecule has 4 nitrogen and oxygen atoms in total. The van der Waals surface area contributed by atoms with Gasteiger partial charge in [-0.25, -0.2) is 9.97 Å². The zero-order chi connectivity index (χ0) is 12.4. The van der Waals surface area contributed by atoms with Crippen LogP contribution in [-0.2, 0) is 0 Å². The zero-order valence-corrected chi connectivity index (χ0v) is 11.9. The zero-order valence-electron chi connectivity index (χ0n) is 8.70. The standard InChI is InChI=1S/C10H7BrClN3OS/c1-5-3-14-10(17-5)15-9(16)7-2-6(11)4-13-8(7)12/h2-4H,1H3,(H,14,15,16). The third-order valence-electron chi connectivity index (χ3n) is 1.89. The summed E-state index contributed by atoms with van der Waals surface area (Å²) in [4.78, 5) is 20.9. The molecule has 2 aromatic rings. The van der Waals surface area contributed by atoms with Crippen LogP contribution in [0, 0.1) is 6.92 Å². The summed E-state index contributed by atoms with van der Waals surface area (Å²) in [6.45, 7) is 1.92. The van der Waals surface area contributed by atoms with Crippen molar-refractivity contribution in [1.29, 1.82) is 0 Å². The molecule has 17 heavy (non-hydrogen) atoms. The highest BCUT2D eigenvalue weighted by atomic mass is 79.9. The van der Waals surface area contributed by atoms with Crippen LogP contribution in [-0.4, -0.2) is 15.9 Å². The van der Waals surface area contributed by atoms with Crippen molar-refractivity contribution in [3.8, 4) is 0 Å². The van der Waals surface area contributed by atoms with Crippen molar-refractivity contribution in [3.63, 3.8) is 0 Å². The van der Waals surface area contributed by atoms with Gasteiger partial charge in [-0.2, -0.15) is 0 Å². The smallest absolute Gasteiger partial charge is 0.260 e. The van der Waals surface area contributed by atoms with Gasteiger partial charge in [-0.15, -0.1) is 11.3 Å². The molecule has 0 saturated carbocycles. The third-order valence-corrected chi connectivity index (χ3v) is 3.46. The van der Waals surface area contributed by atoms with E-state index in [0.717, 1.165) is 4.88 Å². The summed E-state index contributed by atoms with van der Waals surface area (Å²) in [5.74, 6) is -0.321. The van der Waals surface area contributed by atoms with E-state index in [1.165, 1.54) is 17.5 Å². The van der Waals surface area contributed by atoms with Gasteiger partial charge in [0.05, 0.1) is 5.56 Å². The molecule has 1 amide bonds. The maximum atomic E-state index is 11.9. The van der Waals surface area contributed by atoms with Crippen LogP contribution in [0.5, 0.6) is 0 Å². The van der Waals surface area contributed by atoms with E-state index >= 15 is 0 Å². The molecule has 0 atom stereocenters. The van der Waals surface area contributed by atoms with Crippen LogP contribution in [0.4, 0.5) is 5.13 Å². The molecular weight excluding hydrogens is 326 g/mol. The number of amides is 1. The monoisotopic (exact) mass is 331 g/mol. The molecule has 0 bridgehead atoms. The number of carbonyl (C=O) groups is 1. The van der Waals surface area contributed by atoms with Crippen LogP contribution in [0.15, 0.2) is 22.9 Å². The number of nitrogens with one attached hydrogen (secondary N) is 1. The highest BCUT2D eigenvalue weighted by Gasteiger charge is 2.13. The quantitative estimate of drug-likeness (QED) is 0.856. The summed E-state index contributed by atoms with van der Waals surface area (Å²) in [6, 6.07) is 1.62. The van der Waals surface area contributed by atoms with Gasteiger partial charge in [-0.05, 0) is 28.9 Å². The Kier molecular flexibility index (Phi) is 3.76. The topological polar surface area (TPSA) is 54.9 Å². The Balaban J connectivity index is 2.22. The number of nitrogens with zero attached hydrogens (tertiary/aromatic N) is 2. The number of aryl methyl sites for hydroxylation is 1. The first-order valence-electron chi connectivity index (χ1n) is 4.61. The Labute approximate surface area is 115 Å². The van der Waals surface area contributed by atoms with Crippen LogP contribution in [0.25, 0.3) is 0 Å². The van der Waals surface area contributed by atoms with Gasteiger partial charge in [-0.1, -0.05) is 11.6 Å². The Morgan fingerprint density at radius 1 is 1.47 bits per heavy atom. The Morgan fingerprint density at radius 2 is 2.24 bits per heavy atom. The third kappa shape index (κ3) is 3.02. The number of halogens is 2. The molecule has 0 fully saturated rings. The molecule has 2 aromatic heterocycles. The second-order valence-electron chi connectivity index (χ2n) is 3.22. The normalized spacial score (nSPS) is 10.3. The predicted octanol–water partition coefficient (Wildman–Crippen LogP) is 3.51. The average Bonchev–Trinajstić information content (AvgIpc) is 2.67. The van der Waals surface area contributed by atoms with E-state index in [2.05, 4.69) is 31.2 Å². The molecule has 7 heteroatoms. The predicted molar refractivity (Wildman–Crippen MR) is 71.8 cm³/mol. The lowest BCUT2D eigenvalue weighted by Gasteiger charge is -2.03. The highest BCUT2D eigenvalue weighted by molar-refractivity contribution is 9.10. The largest absolute Gasteiger partial charge is 0.298 e. The van der Waals surface area contributed by atoms with Crippen LogP contribution in [0.3, 0.4) is 0 Å². The summed E-state index contributed by atoms with van der Waals surface area (Å²) in [5.41, 5.74) is 0.314. The van der Waals surface area contributed by atoms with Crippen molar-refractivity contribution in [2.45, 2.75) is 6.92 Å². The molecule has 0 aliphatic heterocycles. The van der Waals surface area contributed by atoms with Crippen molar-refractivity contribution >= 4 is 49.9 Å². The van der Waals surface area contributed by atoms with Crippen molar-refractivity contribution in [3.05, 3.63) is 38.5 Å². The first kappa shape index (κ1) is 12.5. The van der Waals surface area contributed by atoms with Crippen LogP contribution in [0.1, 0.15) is 15.2 Å². The van der Waals surface area contributed by atoms with Gasteiger partial charge in [0, 0.05) is 21.7 Å². The van der Waals surface area contributed by atoms with E-state index in [1.54, 1.807) is 12.3 Å². The lowest BCUT2D eigenvalue weighted by atomic mass is 10.3. The van der Waals surface area contributed by atoms with Crippen molar-refractivity contribution in [2.75, 3.05) is 5.32 Å². The molecule has 0 aliphatic carbocycles. The Morgan fingerprint density at radius 3 is 2.88 bits per heavy atom. The van der Waals surface area contributed by atoms with Crippen LogP contribution < -0.4 is 5.32 Å². The lowest BCUT2D eigenvalue weighted by molar-refractivity contribution is 0.102. The average molecular weight is 333 g/mol. The maximum absolute atomic E-state index is 11.9. The van der Waals surface area contributed by atoms with Gasteiger partial charge in [0.2, 0.25) is 0 Å². The molecular formula is C10H7BrClN3OS. The molecule has 0 unspecified atom stereocenters. The fourth-order valence-electron chi connectivity index (χ4n) is 1.16. The summed E-state index contributed by atoms with van der Waals surface area (Å²) >= 11 is 10.5. The first-order valence-corrected chi connectivity index (χ1v) is 6.60. The lowest BCUT2D eigenvalue weighted by Crippen LogP contribution is -2.12. The van der Waals surface area contributed by atoms with Crippen molar-refractivity contribution in [2.24, 2.45) is 0 Å². The molecule has 0 radical (unpaired) electrons. The molecule has 1 N–H and O–H groups in total. The van der Waals surface area contributed by atoms with Gasteiger partial charge >= 0.3 is 0 Å². The van der Waals surface area contributed by atoms with Crippen LogP contribution >= 0.6 is 38.9 Å². The van der Waals surface area contributed by atoms with E-state index in [0.29, 0.717) is 15.2 Å². The number of aromatic nitrogens is 2. The van der Waals surface area contributed by atoms with E-state index in [4.69, 9.17) is 11.6 Å². The Hall–Kier alpha value is -0.980. The molecule has 88 valence electrons. The second kappa shape index (κ2) is 5.12. The number of hydrogen-bond donors (Lipinski definition) is 1. The SMILES string of the molecule is Cc1cnc(NC(=O)c2cc(Br)cnc2Cl)s1. The number of anilines is 1. The molecule has 2 rings (SSSR count). The van der Waals surface area contributed by atoms with Crippen molar-refractivity contribution < 1.29 is 4.79 Å². The van der Waals surface area contributed by atoms with Gasteiger partial charge in [0.1, 0.15) is 5.15 Å². The van der Waals surface area contributed by atoms with E-state index in [1.807, 2.05) is 6.92 Å². The maximum Gasteiger partial charge on any atom is 0.260 e. The number of rotatable bonds is 2. The number of pyridine rings is 1. The summed E-state index contributed by atoms with van der Waals surface area (Å²) < 4.78 is 0.697. The first-order chi connectivity index (χ1) is 8.06. The fourth-order valence-corrected chi connectivity index (χ4v) is 2.34. The van der Waals surface area contributed by atoms with Gasteiger partial charge in [-0.3, -0.25) is 10.1 Å². The Bertz CT molecular complexity index is 572. The highest BCUT2D eigenvalue weighted by Crippen LogP contribution is 2.21. The molecule has 2 heterocycles. The molecule has 0 saturated heterocycles. The van der Waals surface area contributed by atoms with Gasteiger partial charge in [0.15, 0.2) is 5.13 Å². The van der Waals surface area contributed by atoms with Gasteiger partial charge < -0.3 is 0 Å². The number of thiazole rings is 1. The summed E-state index contributed by atoms with van der Waals surface area (Å²) in [5, 5.41) is 3.38. The van der Waals surface area contributed by atoms with Gasteiger partial charge in [0.25, 0.3) is 5.91 Å². The number of hydrogen-bond acceptors (Lipinski definition) is 4. The minimum Gasteiger partial charge on any atom is -0.298 e. The molecule has 0 spiro atoms. The van der Waals surface area contributed by atoms with E-state index in [-0.39, 0.29) is 11.1 Å². The van der Waals surface area contributed by atoms with E-state index in [9.17, 15) is 4.79 Å². The van der Waals surface area contributed by atoms with Crippen LogP contribution in [0.2, 0.25) is 5.15 Å². The molecule has 0 aliphatic rings. The number of carbonyl (C=O) groups excluding carboxylic acids is 1. The minimum absolute atomic E-state index is 0.166. The summed E-state index contributed by atoms with van der Waals surface area (Å²) in [7, 11) is 0.